The van der Waals surface area contributed by atoms with Gasteiger partial charge in [-0.1, -0.05) is 0 Å². The Morgan fingerprint density at radius 3 is 1.50 bits per heavy atom. The van der Waals surface area contributed by atoms with Crippen LogP contribution in [0.5, 0.6) is 0 Å². The minimum absolute atomic E-state index is 0.894. The van der Waals surface area contributed by atoms with E-state index >= 15 is 0 Å². The van der Waals surface area contributed by atoms with Crippen molar-refractivity contribution in [2.45, 2.75) is 31.7 Å². The number of halogens is 3. The molecule has 0 aromatic heterocycles. The van der Waals surface area contributed by atoms with E-state index in [-0.39, 0.29) is 0 Å². The quantitative estimate of drug-likeness (QED) is 0.589. The van der Waals surface area contributed by atoms with Crippen LogP contribution < -0.4 is 0 Å². The average Bonchev–Trinajstić information content (AvgIpc) is 1.59. The molecule has 0 aromatic carbocycles. The Morgan fingerprint density at radius 2 is 1.50 bits per heavy atom. The molecule has 1 unspecified atom stereocenters. The molecule has 0 heterocycles. The predicted octanol–water partition coefficient (Wildman–Crippen LogP) is 0.681. The summed E-state index contributed by atoms with van der Waals surface area (Å²) in [5.41, 5.74) is -2.13. The summed E-state index contributed by atoms with van der Waals surface area (Å²) in [5, 5.41) is 17.0. The van der Waals surface area contributed by atoms with E-state index in [1.165, 1.54) is 0 Å². The summed E-state index contributed by atoms with van der Waals surface area (Å²) in [5.74, 6) is 0. The van der Waals surface area contributed by atoms with Crippen LogP contribution in [0.2, 0.25) is 0 Å². The highest BCUT2D eigenvalue weighted by atomic mass is 19.4. The van der Waals surface area contributed by atoms with E-state index in [1.54, 1.807) is 0 Å². The lowest BCUT2D eigenvalue weighted by molar-refractivity contribution is -0.249. The second-order valence-electron chi connectivity index (χ2n) is 2.60. The smallest absolute Gasteiger partial charge is 0.387 e. The summed E-state index contributed by atoms with van der Waals surface area (Å²) < 4.78 is 34.6. The summed E-state index contributed by atoms with van der Waals surface area (Å²) in [7, 11) is 0. The standard InChI is InChI=1S/C5H9F3O2/c1-4(2,10)3(9)5(6,7)8/h3,9-10H,1-2H3. The summed E-state index contributed by atoms with van der Waals surface area (Å²) in [6.45, 7) is 1.79. The first kappa shape index (κ1) is 9.71. The van der Waals surface area contributed by atoms with E-state index in [9.17, 15) is 13.2 Å². The molecule has 0 spiro atoms. The Balaban J connectivity index is 4.23. The van der Waals surface area contributed by atoms with Crippen LogP contribution in [0.1, 0.15) is 13.8 Å². The van der Waals surface area contributed by atoms with E-state index in [1.807, 2.05) is 0 Å². The van der Waals surface area contributed by atoms with Gasteiger partial charge in [-0.25, -0.2) is 0 Å². The van der Waals surface area contributed by atoms with Crippen molar-refractivity contribution in [3.05, 3.63) is 0 Å². The van der Waals surface area contributed by atoms with Crippen LogP contribution in [-0.4, -0.2) is 28.1 Å². The van der Waals surface area contributed by atoms with E-state index in [4.69, 9.17) is 10.2 Å². The number of hydrogen-bond donors (Lipinski definition) is 2. The van der Waals surface area contributed by atoms with Gasteiger partial charge in [0.15, 0.2) is 6.10 Å². The van der Waals surface area contributed by atoms with Gasteiger partial charge in [-0.3, -0.25) is 0 Å². The van der Waals surface area contributed by atoms with Gasteiger partial charge >= 0.3 is 6.18 Å². The van der Waals surface area contributed by atoms with Crippen molar-refractivity contribution >= 4 is 0 Å². The van der Waals surface area contributed by atoms with Crippen molar-refractivity contribution in [3.8, 4) is 0 Å². The van der Waals surface area contributed by atoms with Gasteiger partial charge in [0, 0.05) is 0 Å². The van der Waals surface area contributed by atoms with Gasteiger partial charge in [-0.15, -0.1) is 0 Å². The van der Waals surface area contributed by atoms with E-state index in [0.29, 0.717) is 0 Å². The molecule has 0 aliphatic carbocycles. The minimum Gasteiger partial charge on any atom is -0.387 e. The maximum absolute atomic E-state index is 11.5. The Bertz CT molecular complexity index is 99.0. The highest BCUT2D eigenvalue weighted by Crippen LogP contribution is 2.27. The van der Waals surface area contributed by atoms with Gasteiger partial charge in [-0.2, -0.15) is 13.2 Å². The number of rotatable bonds is 1. The minimum atomic E-state index is -4.75. The summed E-state index contributed by atoms with van der Waals surface area (Å²) in [6, 6.07) is 0. The maximum Gasteiger partial charge on any atom is 0.417 e. The zero-order valence-corrected chi connectivity index (χ0v) is 5.61. The lowest BCUT2D eigenvalue weighted by Gasteiger charge is -2.25. The summed E-state index contributed by atoms with van der Waals surface area (Å²) in [6.07, 6.45) is -7.43. The number of aliphatic hydroxyl groups is 2. The maximum atomic E-state index is 11.5. The van der Waals surface area contributed by atoms with Crippen LogP contribution in [0.15, 0.2) is 0 Å². The molecule has 0 radical (unpaired) electrons. The fraction of sp³-hybridized carbons (Fsp3) is 1.00. The largest absolute Gasteiger partial charge is 0.417 e. The van der Waals surface area contributed by atoms with Gasteiger partial charge in [0.2, 0.25) is 0 Å². The van der Waals surface area contributed by atoms with Crippen molar-refractivity contribution in [1.82, 2.24) is 0 Å². The molecule has 0 amide bonds. The molecule has 0 saturated heterocycles. The molecule has 1 atom stereocenters. The van der Waals surface area contributed by atoms with Gasteiger partial charge in [0.25, 0.3) is 0 Å². The van der Waals surface area contributed by atoms with Crippen LogP contribution in [0, 0.1) is 0 Å². The first-order valence-electron chi connectivity index (χ1n) is 2.63. The molecule has 0 saturated carbocycles. The molecule has 2 nitrogen and oxygen atoms in total. The van der Waals surface area contributed by atoms with Crippen LogP contribution in [-0.2, 0) is 0 Å². The Morgan fingerprint density at radius 1 is 1.20 bits per heavy atom. The van der Waals surface area contributed by atoms with E-state index < -0.39 is 17.9 Å². The fourth-order valence-electron chi connectivity index (χ4n) is 0.401. The van der Waals surface area contributed by atoms with E-state index in [2.05, 4.69) is 0 Å². The van der Waals surface area contributed by atoms with Crippen LogP contribution >= 0.6 is 0 Å². The second-order valence-corrected chi connectivity index (χ2v) is 2.60. The molecule has 0 bridgehead atoms. The monoisotopic (exact) mass is 158 g/mol. The zero-order chi connectivity index (χ0) is 8.58. The highest BCUT2D eigenvalue weighted by molar-refractivity contribution is 4.81. The molecule has 0 rings (SSSR count). The summed E-state index contributed by atoms with van der Waals surface area (Å²) >= 11 is 0. The number of aliphatic hydroxyl groups excluding tert-OH is 1. The number of hydrogen-bond acceptors (Lipinski definition) is 2. The third kappa shape index (κ3) is 2.53. The highest BCUT2D eigenvalue weighted by Gasteiger charge is 2.47. The van der Waals surface area contributed by atoms with Crippen LogP contribution in [0.25, 0.3) is 0 Å². The first-order chi connectivity index (χ1) is 4.15. The SMILES string of the molecule is CC(C)(O)C(O)C(F)(F)F. The molecular weight excluding hydrogens is 149 g/mol. The van der Waals surface area contributed by atoms with Crippen molar-refractivity contribution in [2.24, 2.45) is 0 Å². The topological polar surface area (TPSA) is 40.5 Å². The molecule has 0 aliphatic heterocycles. The third-order valence-electron chi connectivity index (χ3n) is 0.979. The van der Waals surface area contributed by atoms with Crippen molar-refractivity contribution < 1.29 is 23.4 Å². The predicted molar refractivity (Wildman–Crippen MR) is 28.4 cm³/mol. The molecule has 0 aliphatic rings. The van der Waals surface area contributed by atoms with Gasteiger partial charge in [-0.05, 0) is 13.8 Å². The molecule has 10 heavy (non-hydrogen) atoms. The molecule has 0 fully saturated rings. The Kier molecular flexibility index (Phi) is 2.32. The lowest BCUT2D eigenvalue weighted by Crippen LogP contribution is -2.46. The molecule has 2 N–H and O–H groups in total. The van der Waals surface area contributed by atoms with Gasteiger partial charge in [0.05, 0.1) is 5.60 Å². The normalized spacial score (nSPS) is 17.1. The van der Waals surface area contributed by atoms with Crippen molar-refractivity contribution in [2.75, 3.05) is 0 Å². The third-order valence-corrected chi connectivity index (χ3v) is 0.979. The van der Waals surface area contributed by atoms with Gasteiger partial charge < -0.3 is 10.2 Å². The van der Waals surface area contributed by atoms with Gasteiger partial charge in [0.1, 0.15) is 0 Å². The molecule has 5 heteroatoms. The van der Waals surface area contributed by atoms with Crippen molar-refractivity contribution in [1.29, 1.82) is 0 Å². The van der Waals surface area contributed by atoms with E-state index in [0.717, 1.165) is 13.8 Å². The first-order valence-corrected chi connectivity index (χ1v) is 2.63. The molecular formula is C5H9F3O2. The molecule has 62 valence electrons. The number of alkyl halides is 3. The molecule has 0 aromatic rings. The van der Waals surface area contributed by atoms with Crippen molar-refractivity contribution in [3.63, 3.8) is 0 Å². The second kappa shape index (κ2) is 2.39. The van der Waals surface area contributed by atoms with Crippen LogP contribution in [0.3, 0.4) is 0 Å². The van der Waals surface area contributed by atoms with Crippen LogP contribution in [0.4, 0.5) is 13.2 Å². The zero-order valence-electron chi connectivity index (χ0n) is 5.61. The average molecular weight is 158 g/mol. The Hall–Kier alpha value is -0.290. The lowest BCUT2D eigenvalue weighted by atomic mass is 10.0. The fourth-order valence-corrected chi connectivity index (χ4v) is 0.401. The summed E-state index contributed by atoms with van der Waals surface area (Å²) in [4.78, 5) is 0. The Labute approximate surface area is 56.3 Å².